The number of benzene rings is 1. The van der Waals surface area contributed by atoms with Crippen LogP contribution >= 0.6 is 38.2 Å². The highest BCUT2D eigenvalue weighted by Crippen LogP contribution is 2.31. The van der Waals surface area contributed by atoms with Crippen LogP contribution in [0.3, 0.4) is 0 Å². The highest BCUT2D eigenvalue weighted by Gasteiger charge is 2.22. The summed E-state index contributed by atoms with van der Waals surface area (Å²) in [5.74, 6) is -0.369. The summed E-state index contributed by atoms with van der Waals surface area (Å²) in [5, 5.41) is 2.46. The molecule has 21 heavy (non-hydrogen) atoms. The van der Waals surface area contributed by atoms with Gasteiger partial charge in [0.1, 0.15) is 4.90 Å². The molecule has 118 valence electrons. The summed E-state index contributed by atoms with van der Waals surface area (Å²) in [6, 6.07) is 2.68. The lowest BCUT2D eigenvalue weighted by molar-refractivity contribution is 0.0934. The zero-order valence-electron chi connectivity index (χ0n) is 11.3. The zero-order chi connectivity index (χ0) is 16.2. The number of carbonyl (C=O) groups excluding carboxylic acids is 1. The summed E-state index contributed by atoms with van der Waals surface area (Å²) in [6.07, 6.45) is 0. The predicted molar refractivity (Wildman–Crippen MR) is 85.6 cm³/mol. The van der Waals surface area contributed by atoms with E-state index in [9.17, 15) is 13.2 Å². The number of ether oxygens (including phenoxy) is 1. The largest absolute Gasteiger partial charge is 0.384 e. The fourth-order valence-electron chi connectivity index (χ4n) is 1.61. The summed E-state index contributed by atoms with van der Waals surface area (Å²) in [6.45, 7) is 2.77. The Labute approximate surface area is 141 Å². The molecule has 9 heteroatoms. The molecule has 0 bridgehead atoms. The van der Waals surface area contributed by atoms with Crippen molar-refractivity contribution < 1.29 is 17.9 Å². The van der Waals surface area contributed by atoms with E-state index in [2.05, 4.69) is 21.2 Å². The Morgan fingerprint density at radius 2 is 2.10 bits per heavy atom. The number of halogens is 3. The van der Waals surface area contributed by atoms with E-state index < -0.39 is 15.0 Å². The Hall–Kier alpha value is -0.340. The third kappa shape index (κ3) is 5.41. The van der Waals surface area contributed by atoms with Gasteiger partial charge in [-0.1, -0.05) is 34.5 Å². The maximum atomic E-state index is 12.1. The highest BCUT2D eigenvalue weighted by molar-refractivity contribution is 9.10. The van der Waals surface area contributed by atoms with Gasteiger partial charge in [0.2, 0.25) is 0 Å². The molecule has 5 nitrogen and oxygen atoms in total. The Balaban J connectivity index is 3.03. The van der Waals surface area contributed by atoms with E-state index in [1.807, 2.05) is 6.92 Å². The molecule has 1 aromatic rings. The molecule has 0 saturated carbocycles. The molecular formula is C12H14BrCl2NO4S. The molecule has 0 fully saturated rings. The van der Waals surface area contributed by atoms with Gasteiger partial charge in [0.05, 0.1) is 17.2 Å². The van der Waals surface area contributed by atoms with Crippen LogP contribution in [0.15, 0.2) is 21.5 Å². The lowest BCUT2D eigenvalue weighted by Gasteiger charge is -2.13. The first-order valence-electron chi connectivity index (χ1n) is 5.87. The minimum absolute atomic E-state index is 0.0369. The van der Waals surface area contributed by atoms with E-state index >= 15 is 0 Å². The number of hydrogen-bond acceptors (Lipinski definition) is 4. The smallest absolute Gasteiger partial charge is 0.262 e. The van der Waals surface area contributed by atoms with E-state index in [0.717, 1.165) is 0 Å². The van der Waals surface area contributed by atoms with Crippen LogP contribution in [0.1, 0.15) is 17.3 Å². The molecule has 0 radical (unpaired) electrons. The van der Waals surface area contributed by atoms with Crippen molar-refractivity contribution in [1.29, 1.82) is 0 Å². The molecule has 1 rings (SSSR count). The Bertz CT molecular complexity index is 636. The summed E-state index contributed by atoms with van der Waals surface area (Å²) in [4.78, 5) is 11.8. The Morgan fingerprint density at radius 3 is 2.62 bits per heavy atom. The average Bonchev–Trinajstić information content (AvgIpc) is 2.37. The molecule has 1 unspecified atom stereocenters. The molecule has 0 saturated heterocycles. The third-order valence-corrected chi connectivity index (χ3v) is 4.90. The molecule has 0 aromatic heterocycles. The van der Waals surface area contributed by atoms with Gasteiger partial charge in [0.15, 0.2) is 0 Å². The van der Waals surface area contributed by atoms with Gasteiger partial charge in [0, 0.05) is 28.8 Å². The van der Waals surface area contributed by atoms with E-state index in [0.29, 0.717) is 17.6 Å². The van der Waals surface area contributed by atoms with Crippen molar-refractivity contribution >= 4 is 53.2 Å². The fourth-order valence-corrected chi connectivity index (χ4v) is 3.80. The molecule has 0 aliphatic heterocycles. The molecular weight excluding hydrogens is 405 g/mol. The number of methoxy groups -OCH3 is 1. The maximum absolute atomic E-state index is 12.1. The van der Waals surface area contributed by atoms with E-state index in [-0.39, 0.29) is 21.4 Å². The first kappa shape index (κ1) is 18.7. The van der Waals surface area contributed by atoms with Crippen LogP contribution in [0.2, 0.25) is 5.02 Å². The molecule has 1 atom stereocenters. The van der Waals surface area contributed by atoms with Crippen molar-refractivity contribution in [3.05, 3.63) is 27.2 Å². The first-order chi connectivity index (χ1) is 9.66. The summed E-state index contributed by atoms with van der Waals surface area (Å²) < 4.78 is 28.2. The van der Waals surface area contributed by atoms with Crippen LogP contribution in [0.5, 0.6) is 0 Å². The van der Waals surface area contributed by atoms with Gasteiger partial charge < -0.3 is 10.1 Å². The summed E-state index contributed by atoms with van der Waals surface area (Å²) >= 11 is 9.10. The van der Waals surface area contributed by atoms with E-state index in [1.165, 1.54) is 12.1 Å². The van der Waals surface area contributed by atoms with Gasteiger partial charge >= 0.3 is 0 Å². The van der Waals surface area contributed by atoms with Crippen LogP contribution < -0.4 is 5.32 Å². The van der Waals surface area contributed by atoms with Crippen molar-refractivity contribution in [2.75, 3.05) is 20.3 Å². The van der Waals surface area contributed by atoms with Gasteiger partial charge in [-0.15, -0.1) is 0 Å². The first-order valence-corrected chi connectivity index (χ1v) is 9.35. The van der Waals surface area contributed by atoms with Crippen molar-refractivity contribution in [1.82, 2.24) is 5.32 Å². The Kier molecular flexibility index (Phi) is 6.93. The molecule has 1 amide bonds. The maximum Gasteiger partial charge on any atom is 0.262 e. The van der Waals surface area contributed by atoms with Crippen LogP contribution in [0.25, 0.3) is 0 Å². The topological polar surface area (TPSA) is 72.5 Å². The molecule has 0 heterocycles. The quantitative estimate of drug-likeness (QED) is 0.720. The number of hydrogen-bond donors (Lipinski definition) is 1. The van der Waals surface area contributed by atoms with Crippen LogP contribution in [0.4, 0.5) is 0 Å². The zero-order valence-corrected chi connectivity index (χ0v) is 15.2. The Morgan fingerprint density at radius 1 is 1.48 bits per heavy atom. The predicted octanol–water partition coefficient (Wildman–Crippen LogP) is 3.04. The minimum atomic E-state index is -4.04. The van der Waals surface area contributed by atoms with E-state index in [1.54, 1.807) is 7.11 Å². The molecule has 1 aromatic carbocycles. The van der Waals surface area contributed by atoms with Crippen molar-refractivity contribution in [2.45, 2.75) is 11.8 Å². The molecule has 0 aliphatic carbocycles. The van der Waals surface area contributed by atoms with Gasteiger partial charge in [0.25, 0.3) is 15.0 Å². The monoisotopic (exact) mass is 417 g/mol. The average molecular weight is 419 g/mol. The second-order valence-corrected chi connectivity index (χ2v) is 8.30. The normalized spacial score (nSPS) is 13.0. The van der Waals surface area contributed by atoms with Crippen LogP contribution in [-0.2, 0) is 13.8 Å². The van der Waals surface area contributed by atoms with Gasteiger partial charge in [-0.05, 0) is 18.1 Å². The summed E-state index contributed by atoms with van der Waals surface area (Å²) in [7, 11) is 2.83. The number of nitrogens with one attached hydrogen (secondary N) is 1. The standard InChI is InChI=1S/C12H14BrCl2NO4S/c1-7(6-20-2)5-16-12(17)9-3-8(13)4-10(11(9)14)21(15,18)19/h3-4,7H,5-6H2,1-2H3,(H,16,17). The fraction of sp³-hybridized carbons (Fsp3) is 0.417. The second kappa shape index (κ2) is 7.78. The number of carbonyl (C=O) groups is 1. The lowest BCUT2D eigenvalue weighted by atomic mass is 10.1. The lowest BCUT2D eigenvalue weighted by Crippen LogP contribution is -2.30. The van der Waals surface area contributed by atoms with Crippen LogP contribution in [0, 0.1) is 5.92 Å². The molecule has 0 spiro atoms. The molecule has 1 N–H and O–H groups in total. The SMILES string of the molecule is COCC(C)CNC(=O)c1cc(Br)cc(S(=O)(=O)Cl)c1Cl. The number of amides is 1. The van der Waals surface area contributed by atoms with Gasteiger partial charge in [-0.3, -0.25) is 4.79 Å². The number of rotatable bonds is 6. The minimum Gasteiger partial charge on any atom is -0.384 e. The second-order valence-electron chi connectivity index (χ2n) is 4.47. The van der Waals surface area contributed by atoms with Gasteiger partial charge in [-0.2, -0.15) is 0 Å². The van der Waals surface area contributed by atoms with Crippen molar-refractivity contribution in [3.63, 3.8) is 0 Å². The molecule has 0 aliphatic rings. The van der Waals surface area contributed by atoms with Gasteiger partial charge in [-0.25, -0.2) is 8.42 Å². The van der Waals surface area contributed by atoms with Crippen LogP contribution in [-0.4, -0.2) is 34.6 Å². The van der Waals surface area contributed by atoms with Crippen molar-refractivity contribution in [2.24, 2.45) is 5.92 Å². The van der Waals surface area contributed by atoms with Crippen molar-refractivity contribution in [3.8, 4) is 0 Å². The third-order valence-electron chi connectivity index (χ3n) is 2.57. The summed E-state index contributed by atoms with van der Waals surface area (Å²) in [5.41, 5.74) is 0.0369. The highest BCUT2D eigenvalue weighted by atomic mass is 79.9. The van der Waals surface area contributed by atoms with E-state index in [4.69, 9.17) is 27.0 Å².